The highest BCUT2D eigenvalue weighted by atomic mass is 16.5. The Kier molecular flexibility index (Phi) is 6.49. The molecule has 0 aromatic heterocycles. The minimum absolute atomic E-state index is 0.585. The molecular formula is C17H29N3O. The minimum atomic E-state index is 0.585. The minimum Gasteiger partial charge on any atom is -0.494 e. The van der Waals surface area contributed by atoms with Gasteiger partial charge in [0.1, 0.15) is 5.75 Å². The molecule has 1 heterocycles. The van der Waals surface area contributed by atoms with Crippen LogP contribution in [0.25, 0.3) is 0 Å². The van der Waals surface area contributed by atoms with E-state index in [2.05, 4.69) is 23.9 Å². The lowest BCUT2D eigenvalue weighted by Gasteiger charge is -2.35. The number of hydrogen-bond acceptors (Lipinski definition) is 4. The van der Waals surface area contributed by atoms with Gasteiger partial charge in [0, 0.05) is 19.1 Å². The van der Waals surface area contributed by atoms with Gasteiger partial charge in [-0.2, -0.15) is 0 Å². The Morgan fingerprint density at radius 2 is 1.90 bits per heavy atom. The van der Waals surface area contributed by atoms with E-state index in [0.29, 0.717) is 6.54 Å². The van der Waals surface area contributed by atoms with Crippen molar-refractivity contribution in [3.8, 4) is 5.75 Å². The maximum Gasteiger partial charge on any atom is 0.119 e. The monoisotopic (exact) mass is 291 g/mol. The summed E-state index contributed by atoms with van der Waals surface area (Å²) in [5.41, 5.74) is 6.73. The van der Waals surface area contributed by atoms with E-state index in [4.69, 9.17) is 10.5 Å². The van der Waals surface area contributed by atoms with Crippen LogP contribution in [0, 0.1) is 0 Å². The highest BCUT2D eigenvalue weighted by Gasteiger charge is 2.19. The van der Waals surface area contributed by atoms with Gasteiger partial charge >= 0.3 is 0 Å². The molecule has 1 aromatic carbocycles. The summed E-state index contributed by atoms with van der Waals surface area (Å²) in [4.78, 5) is 4.91. The number of ether oxygens (including phenoxy) is 1. The van der Waals surface area contributed by atoms with Crippen LogP contribution in [-0.4, -0.2) is 56.2 Å². The molecule has 1 aromatic rings. The lowest BCUT2D eigenvalue weighted by Crippen LogP contribution is -2.42. The highest BCUT2D eigenvalue weighted by Crippen LogP contribution is 2.15. The van der Waals surface area contributed by atoms with Crippen LogP contribution in [0.15, 0.2) is 24.3 Å². The van der Waals surface area contributed by atoms with Gasteiger partial charge in [-0.1, -0.05) is 12.1 Å². The molecule has 0 radical (unpaired) electrons. The molecule has 0 bridgehead atoms. The van der Waals surface area contributed by atoms with E-state index < -0.39 is 0 Å². The summed E-state index contributed by atoms with van der Waals surface area (Å²) in [7, 11) is 4.45. The maximum atomic E-state index is 5.78. The van der Waals surface area contributed by atoms with Crippen LogP contribution in [0.4, 0.5) is 0 Å². The van der Waals surface area contributed by atoms with Gasteiger partial charge in [-0.25, -0.2) is 0 Å². The summed E-state index contributed by atoms with van der Waals surface area (Å²) >= 11 is 0. The van der Waals surface area contributed by atoms with Crippen LogP contribution in [-0.2, 0) is 6.54 Å². The quantitative estimate of drug-likeness (QED) is 0.780. The van der Waals surface area contributed by atoms with E-state index in [1.165, 1.54) is 25.9 Å². The Balaban J connectivity index is 1.62. The van der Waals surface area contributed by atoms with Gasteiger partial charge in [-0.3, -0.25) is 0 Å². The fraction of sp³-hybridized carbons (Fsp3) is 0.647. The molecule has 0 unspecified atom stereocenters. The van der Waals surface area contributed by atoms with E-state index in [1.54, 1.807) is 0 Å². The van der Waals surface area contributed by atoms with E-state index in [0.717, 1.165) is 36.9 Å². The number of benzene rings is 1. The van der Waals surface area contributed by atoms with E-state index in [1.807, 2.05) is 24.3 Å². The summed E-state index contributed by atoms with van der Waals surface area (Å²) in [6.45, 7) is 4.91. The van der Waals surface area contributed by atoms with Crippen molar-refractivity contribution in [1.82, 2.24) is 9.80 Å². The molecule has 2 N–H and O–H groups in total. The van der Waals surface area contributed by atoms with Gasteiger partial charge < -0.3 is 20.3 Å². The third kappa shape index (κ3) is 5.30. The van der Waals surface area contributed by atoms with Crippen molar-refractivity contribution < 1.29 is 4.74 Å². The molecule has 1 aliphatic heterocycles. The molecule has 0 amide bonds. The van der Waals surface area contributed by atoms with Crippen LogP contribution < -0.4 is 10.5 Å². The Hall–Kier alpha value is -1.10. The Bertz CT molecular complexity index is 399. The molecule has 0 saturated carbocycles. The first-order valence-electron chi connectivity index (χ1n) is 7.99. The molecule has 4 heteroatoms. The Labute approximate surface area is 128 Å². The van der Waals surface area contributed by atoms with Crippen LogP contribution in [0.5, 0.6) is 5.75 Å². The first-order valence-corrected chi connectivity index (χ1v) is 7.99. The molecule has 4 nitrogen and oxygen atoms in total. The molecule has 2 rings (SSSR count). The zero-order chi connectivity index (χ0) is 15.1. The maximum absolute atomic E-state index is 5.78. The molecular weight excluding hydrogens is 262 g/mol. The van der Waals surface area contributed by atoms with Gasteiger partial charge in [-0.05, 0) is 64.1 Å². The van der Waals surface area contributed by atoms with Crippen molar-refractivity contribution >= 4 is 0 Å². The number of nitrogens with two attached hydrogens (primary N) is 1. The molecule has 1 saturated heterocycles. The number of nitrogens with zero attached hydrogens (tertiary/aromatic N) is 2. The van der Waals surface area contributed by atoms with Crippen molar-refractivity contribution in [2.45, 2.75) is 31.8 Å². The van der Waals surface area contributed by atoms with E-state index in [9.17, 15) is 0 Å². The zero-order valence-corrected chi connectivity index (χ0v) is 13.4. The summed E-state index contributed by atoms with van der Waals surface area (Å²) in [5, 5.41) is 0. The summed E-state index contributed by atoms with van der Waals surface area (Å²) in [6, 6.07) is 8.80. The summed E-state index contributed by atoms with van der Waals surface area (Å²) < 4.78 is 5.78. The van der Waals surface area contributed by atoms with Crippen molar-refractivity contribution in [2.24, 2.45) is 5.73 Å². The fourth-order valence-electron chi connectivity index (χ4n) is 2.84. The smallest absolute Gasteiger partial charge is 0.119 e. The van der Waals surface area contributed by atoms with Gasteiger partial charge in [0.25, 0.3) is 0 Å². The third-order valence-electron chi connectivity index (χ3n) is 4.39. The fourth-order valence-corrected chi connectivity index (χ4v) is 2.84. The van der Waals surface area contributed by atoms with Gasteiger partial charge in [0.15, 0.2) is 0 Å². The number of likely N-dealkylation sites (tertiary alicyclic amines) is 1. The molecule has 118 valence electrons. The average Bonchev–Trinajstić information content (AvgIpc) is 2.52. The molecule has 1 aliphatic rings. The normalized spacial score (nSPS) is 17.3. The predicted octanol–water partition coefficient (Wildman–Crippen LogP) is 1.94. The van der Waals surface area contributed by atoms with Crippen LogP contribution >= 0.6 is 0 Å². The van der Waals surface area contributed by atoms with E-state index in [-0.39, 0.29) is 0 Å². The van der Waals surface area contributed by atoms with Crippen LogP contribution in [0.1, 0.15) is 24.8 Å². The first kappa shape index (κ1) is 16.3. The average molecular weight is 291 g/mol. The molecule has 0 aliphatic carbocycles. The standard InChI is InChI=1S/C17H29N3O/c1-19-11-8-16(9-12-19)20(2)10-3-13-21-17-6-4-15(14-18)5-7-17/h4-7,16H,3,8-14,18H2,1-2H3. The Morgan fingerprint density at radius 3 is 2.52 bits per heavy atom. The molecule has 0 spiro atoms. The number of piperidine rings is 1. The van der Waals surface area contributed by atoms with E-state index >= 15 is 0 Å². The largest absolute Gasteiger partial charge is 0.494 e. The van der Waals surface area contributed by atoms with Crippen molar-refractivity contribution in [2.75, 3.05) is 40.3 Å². The lowest BCUT2D eigenvalue weighted by molar-refractivity contribution is 0.137. The first-order chi connectivity index (χ1) is 10.2. The van der Waals surface area contributed by atoms with Gasteiger partial charge in [-0.15, -0.1) is 0 Å². The summed E-state index contributed by atoms with van der Waals surface area (Å²) in [5.74, 6) is 0.939. The van der Waals surface area contributed by atoms with Crippen LogP contribution in [0.3, 0.4) is 0 Å². The zero-order valence-electron chi connectivity index (χ0n) is 13.4. The second-order valence-electron chi connectivity index (χ2n) is 6.07. The predicted molar refractivity (Wildman–Crippen MR) is 87.6 cm³/mol. The highest BCUT2D eigenvalue weighted by molar-refractivity contribution is 5.26. The lowest BCUT2D eigenvalue weighted by atomic mass is 10.0. The number of rotatable bonds is 7. The molecule has 1 fully saturated rings. The van der Waals surface area contributed by atoms with Crippen molar-refractivity contribution in [3.05, 3.63) is 29.8 Å². The molecule has 0 atom stereocenters. The topological polar surface area (TPSA) is 41.7 Å². The van der Waals surface area contributed by atoms with Crippen molar-refractivity contribution in [3.63, 3.8) is 0 Å². The Morgan fingerprint density at radius 1 is 1.24 bits per heavy atom. The van der Waals surface area contributed by atoms with Gasteiger partial charge in [0.05, 0.1) is 6.61 Å². The van der Waals surface area contributed by atoms with Crippen LogP contribution in [0.2, 0.25) is 0 Å². The van der Waals surface area contributed by atoms with Gasteiger partial charge in [0.2, 0.25) is 0 Å². The van der Waals surface area contributed by atoms with Crippen molar-refractivity contribution in [1.29, 1.82) is 0 Å². The summed E-state index contributed by atoms with van der Waals surface area (Å²) in [6.07, 6.45) is 3.64. The molecule has 21 heavy (non-hydrogen) atoms. The SMILES string of the molecule is CN1CCC(N(C)CCCOc2ccc(CN)cc2)CC1. The number of hydrogen-bond donors (Lipinski definition) is 1. The second-order valence-corrected chi connectivity index (χ2v) is 6.07. The third-order valence-corrected chi connectivity index (χ3v) is 4.39. The second kappa shape index (κ2) is 8.37.